The summed E-state index contributed by atoms with van der Waals surface area (Å²) in [5.74, 6) is 1.88. The van der Waals surface area contributed by atoms with E-state index >= 15 is 0 Å². The lowest BCUT2D eigenvalue weighted by Gasteiger charge is -2.18. The SMILES string of the molecule is Cc1ccc(Br)c(C(=O)N(C)Cc2nnc3n2CCC3)c1. The third kappa shape index (κ3) is 2.72. The van der Waals surface area contributed by atoms with Crippen LogP contribution in [0.3, 0.4) is 0 Å². The minimum absolute atomic E-state index is 0.0130. The Balaban J connectivity index is 1.80. The molecule has 1 aromatic heterocycles. The van der Waals surface area contributed by atoms with Gasteiger partial charge < -0.3 is 9.47 Å². The Bertz CT molecular complexity index is 695. The topological polar surface area (TPSA) is 51.0 Å². The van der Waals surface area contributed by atoms with E-state index in [1.165, 1.54) is 0 Å². The van der Waals surface area contributed by atoms with Gasteiger partial charge in [-0.05, 0) is 41.4 Å². The largest absolute Gasteiger partial charge is 0.334 e. The maximum Gasteiger partial charge on any atom is 0.255 e. The van der Waals surface area contributed by atoms with Crippen molar-refractivity contribution in [1.82, 2.24) is 19.7 Å². The highest BCUT2D eigenvalue weighted by molar-refractivity contribution is 9.10. The average molecular weight is 349 g/mol. The van der Waals surface area contributed by atoms with Crippen LogP contribution in [0.5, 0.6) is 0 Å². The Morgan fingerprint density at radius 1 is 1.43 bits per heavy atom. The van der Waals surface area contributed by atoms with Crippen molar-refractivity contribution >= 4 is 21.8 Å². The molecule has 110 valence electrons. The predicted molar refractivity (Wildman–Crippen MR) is 83.0 cm³/mol. The van der Waals surface area contributed by atoms with E-state index in [4.69, 9.17) is 0 Å². The number of aromatic nitrogens is 3. The fourth-order valence-corrected chi connectivity index (χ4v) is 3.04. The van der Waals surface area contributed by atoms with Crippen LogP contribution in [0.1, 0.15) is 34.0 Å². The van der Waals surface area contributed by atoms with E-state index in [2.05, 4.69) is 30.7 Å². The zero-order chi connectivity index (χ0) is 15.0. The highest BCUT2D eigenvalue weighted by Gasteiger charge is 2.21. The van der Waals surface area contributed by atoms with Crippen molar-refractivity contribution in [2.24, 2.45) is 0 Å². The van der Waals surface area contributed by atoms with Crippen molar-refractivity contribution in [2.75, 3.05) is 7.05 Å². The summed E-state index contributed by atoms with van der Waals surface area (Å²) in [4.78, 5) is 14.3. The first-order chi connectivity index (χ1) is 10.1. The molecule has 1 amide bonds. The van der Waals surface area contributed by atoms with Gasteiger partial charge in [-0.2, -0.15) is 0 Å². The van der Waals surface area contributed by atoms with Crippen molar-refractivity contribution in [2.45, 2.75) is 32.9 Å². The van der Waals surface area contributed by atoms with E-state index in [9.17, 15) is 4.79 Å². The first-order valence-corrected chi connectivity index (χ1v) is 7.78. The number of nitrogens with zero attached hydrogens (tertiary/aromatic N) is 4. The van der Waals surface area contributed by atoms with Crippen LogP contribution in [0.2, 0.25) is 0 Å². The lowest BCUT2D eigenvalue weighted by Crippen LogP contribution is -2.28. The number of hydrogen-bond donors (Lipinski definition) is 0. The molecule has 1 aliphatic heterocycles. The molecule has 0 unspecified atom stereocenters. The van der Waals surface area contributed by atoms with Gasteiger partial charge in [-0.3, -0.25) is 4.79 Å². The third-order valence-corrected chi connectivity index (χ3v) is 4.46. The molecule has 3 rings (SSSR count). The Morgan fingerprint density at radius 2 is 2.24 bits per heavy atom. The Morgan fingerprint density at radius 3 is 3.05 bits per heavy atom. The zero-order valence-electron chi connectivity index (χ0n) is 12.1. The fraction of sp³-hybridized carbons (Fsp3) is 0.400. The molecule has 0 bridgehead atoms. The van der Waals surface area contributed by atoms with Gasteiger partial charge in [0.2, 0.25) is 0 Å². The monoisotopic (exact) mass is 348 g/mol. The normalized spacial score (nSPS) is 13.3. The third-order valence-electron chi connectivity index (χ3n) is 3.76. The summed E-state index contributed by atoms with van der Waals surface area (Å²) in [6, 6.07) is 5.79. The summed E-state index contributed by atoms with van der Waals surface area (Å²) in [6.07, 6.45) is 2.09. The van der Waals surface area contributed by atoms with E-state index in [1.807, 2.05) is 25.1 Å². The first kappa shape index (κ1) is 14.3. The van der Waals surface area contributed by atoms with Crippen LogP contribution < -0.4 is 0 Å². The highest BCUT2D eigenvalue weighted by atomic mass is 79.9. The fourth-order valence-electron chi connectivity index (χ4n) is 2.62. The van der Waals surface area contributed by atoms with Gasteiger partial charge in [0, 0.05) is 24.5 Å². The van der Waals surface area contributed by atoms with Crippen LogP contribution in [0.15, 0.2) is 22.7 Å². The second-order valence-electron chi connectivity index (χ2n) is 5.43. The molecule has 6 heteroatoms. The van der Waals surface area contributed by atoms with Crippen molar-refractivity contribution in [3.63, 3.8) is 0 Å². The van der Waals surface area contributed by atoms with Gasteiger partial charge in [-0.1, -0.05) is 11.6 Å². The summed E-state index contributed by atoms with van der Waals surface area (Å²) in [7, 11) is 1.80. The van der Waals surface area contributed by atoms with E-state index in [0.29, 0.717) is 12.1 Å². The summed E-state index contributed by atoms with van der Waals surface area (Å²) >= 11 is 3.45. The van der Waals surface area contributed by atoms with Crippen LogP contribution in [0, 0.1) is 6.92 Å². The second kappa shape index (κ2) is 5.60. The second-order valence-corrected chi connectivity index (χ2v) is 6.29. The molecular weight excluding hydrogens is 332 g/mol. The van der Waals surface area contributed by atoms with E-state index in [-0.39, 0.29) is 5.91 Å². The highest BCUT2D eigenvalue weighted by Crippen LogP contribution is 2.21. The molecule has 5 nitrogen and oxygen atoms in total. The van der Waals surface area contributed by atoms with Crippen molar-refractivity contribution in [3.05, 3.63) is 45.4 Å². The van der Waals surface area contributed by atoms with Crippen molar-refractivity contribution in [3.8, 4) is 0 Å². The minimum atomic E-state index is -0.0130. The number of amides is 1. The molecule has 0 N–H and O–H groups in total. The smallest absolute Gasteiger partial charge is 0.255 e. The lowest BCUT2D eigenvalue weighted by atomic mass is 10.1. The quantitative estimate of drug-likeness (QED) is 0.856. The molecule has 2 aromatic rings. The molecule has 0 saturated heterocycles. The summed E-state index contributed by atoms with van der Waals surface area (Å²) in [5.41, 5.74) is 1.75. The number of rotatable bonds is 3. The van der Waals surface area contributed by atoms with E-state index in [0.717, 1.165) is 41.1 Å². The molecule has 0 fully saturated rings. The number of fused-ring (bicyclic) bond motifs is 1. The van der Waals surface area contributed by atoms with E-state index in [1.54, 1.807) is 11.9 Å². The van der Waals surface area contributed by atoms with Crippen LogP contribution >= 0.6 is 15.9 Å². The lowest BCUT2D eigenvalue weighted by molar-refractivity contribution is 0.0779. The van der Waals surface area contributed by atoms with Gasteiger partial charge in [-0.25, -0.2) is 0 Å². The van der Waals surface area contributed by atoms with Gasteiger partial charge in [-0.15, -0.1) is 10.2 Å². The molecule has 1 aromatic carbocycles. The Hall–Kier alpha value is -1.69. The van der Waals surface area contributed by atoms with Gasteiger partial charge in [0.15, 0.2) is 5.82 Å². The maximum atomic E-state index is 12.6. The predicted octanol–water partition coefficient (Wildman–Crippen LogP) is 2.57. The summed E-state index contributed by atoms with van der Waals surface area (Å²) in [5, 5.41) is 8.38. The van der Waals surface area contributed by atoms with Crippen LogP contribution in [-0.2, 0) is 19.5 Å². The standard InChI is InChI=1S/C15H17BrN4O/c1-10-5-6-12(16)11(8-10)15(21)19(2)9-14-18-17-13-4-3-7-20(13)14/h5-6,8H,3-4,7,9H2,1-2H3. The van der Waals surface area contributed by atoms with Crippen molar-refractivity contribution < 1.29 is 4.79 Å². The average Bonchev–Trinajstić information content (AvgIpc) is 3.05. The summed E-state index contributed by atoms with van der Waals surface area (Å²) in [6.45, 7) is 3.41. The van der Waals surface area contributed by atoms with Crippen LogP contribution in [0.4, 0.5) is 0 Å². The van der Waals surface area contributed by atoms with Gasteiger partial charge in [0.1, 0.15) is 5.82 Å². The van der Waals surface area contributed by atoms with Crippen LogP contribution in [-0.4, -0.2) is 32.6 Å². The molecule has 0 aliphatic carbocycles. The van der Waals surface area contributed by atoms with Gasteiger partial charge in [0.05, 0.1) is 12.1 Å². The number of benzene rings is 1. The number of carbonyl (C=O) groups is 1. The summed E-state index contributed by atoms with van der Waals surface area (Å²) < 4.78 is 2.94. The maximum absolute atomic E-state index is 12.6. The first-order valence-electron chi connectivity index (χ1n) is 6.99. The Labute approximate surface area is 132 Å². The zero-order valence-corrected chi connectivity index (χ0v) is 13.7. The Kier molecular flexibility index (Phi) is 3.80. The molecule has 0 spiro atoms. The molecule has 0 radical (unpaired) electrons. The number of aryl methyl sites for hydroxylation is 2. The van der Waals surface area contributed by atoms with E-state index < -0.39 is 0 Å². The van der Waals surface area contributed by atoms with Gasteiger partial charge in [0.25, 0.3) is 5.91 Å². The molecule has 0 atom stereocenters. The molecular formula is C15H17BrN4O. The minimum Gasteiger partial charge on any atom is -0.334 e. The van der Waals surface area contributed by atoms with Crippen molar-refractivity contribution in [1.29, 1.82) is 0 Å². The van der Waals surface area contributed by atoms with Gasteiger partial charge >= 0.3 is 0 Å². The van der Waals surface area contributed by atoms with Crippen LogP contribution in [0.25, 0.3) is 0 Å². The molecule has 1 aliphatic rings. The molecule has 2 heterocycles. The molecule has 21 heavy (non-hydrogen) atoms. The number of carbonyl (C=O) groups excluding carboxylic acids is 1. The number of halogens is 1. The number of hydrogen-bond acceptors (Lipinski definition) is 3. The molecule has 0 saturated carbocycles.